The number of aliphatic hydroxyl groups excluding tert-OH is 1. The van der Waals surface area contributed by atoms with Gasteiger partial charge in [0.2, 0.25) is 0 Å². The van der Waals surface area contributed by atoms with E-state index in [0.717, 1.165) is 30.4 Å². The fourth-order valence-electron chi connectivity index (χ4n) is 2.14. The third-order valence-corrected chi connectivity index (χ3v) is 3.13. The number of hydrogen-bond acceptors (Lipinski definition) is 1. The third kappa shape index (κ3) is 2.63. The molecule has 1 aromatic carbocycles. The minimum atomic E-state index is -0.271. The zero-order chi connectivity index (χ0) is 11.4. The molecule has 1 aliphatic rings. The Morgan fingerprint density at radius 2 is 2.00 bits per heavy atom. The van der Waals surface area contributed by atoms with E-state index in [1.807, 2.05) is 18.2 Å². The summed E-state index contributed by atoms with van der Waals surface area (Å²) >= 11 is 0. The van der Waals surface area contributed by atoms with Gasteiger partial charge in [0.15, 0.2) is 0 Å². The Hall–Kier alpha value is -1.30. The standard InChI is InChI=1S/C15H18O/c1-12(13-7-3-2-4-8-13)11-14-9-5-6-10-15(14)16/h2-4,7-8,15-16H,5-6,9-10H2,1H3/t11?,15-/m0/s1. The Bertz CT molecular complexity index is 410. The van der Waals surface area contributed by atoms with Gasteiger partial charge in [0.25, 0.3) is 0 Å². The van der Waals surface area contributed by atoms with E-state index in [0.29, 0.717) is 0 Å². The van der Waals surface area contributed by atoms with E-state index >= 15 is 0 Å². The predicted molar refractivity (Wildman–Crippen MR) is 67.0 cm³/mol. The molecule has 0 amide bonds. The summed E-state index contributed by atoms with van der Waals surface area (Å²) in [5.74, 6) is 0. The van der Waals surface area contributed by atoms with Crippen molar-refractivity contribution in [2.24, 2.45) is 0 Å². The minimum Gasteiger partial charge on any atom is -0.388 e. The Morgan fingerprint density at radius 1 is 1.25 bits per heavy atom. The summed E-state index contributed by atoms with van der Waals surface area (Å²) < 4.78 is 0. The Kier molecular flexibility index (Phi) is 3.61. The molecule has 0 unspecified atom stereocenters. The second kappa shape index (κ2) is 5.16. The zero-order valence-electron chi connectivity index (χ0n) is 9.74. The summed E-state index contributed by atoms with van der Waals surface area (Å²) in [5, 5.41) is 9.85. The van der Waals surface area contributed by atoms with Gasteiger partial charge in [-0.1, -0.05) is 36.8 Å². The molecule has 1 nitrogen and oxygen atoms in total. The fraction of sp³-hybridized carbons (Fsp3) is 0.400. The molecule has 0 saturated heterocycles. The van der Waals surface area contributed by atoms with Crippen LogP contribution in [-0.4, -0.2) is 11.2 Å². The zero-order valence-corrected chi connectivity index (χ0v) is 9.74. The van der Waals surface area contributed by atoms with Gasteiger partial charge >= 0.3 is 0 Å². The van der Waals surface area contributed by atoms with E-state index in [-0.39, 0.29) is 6.10 Å². The largest absolute Gasteiger partial charge is 0.388 e. The van der Waals surface area contributed by atoms with Crippen LogP contribution in [0.25, 0.3) is 5.57 Å². The van der Waals surface area contributed by atoms with Gasteiger partial charge in [-0.3, -0.25) is 0 Å². The van der Waals surface area contributed by atoms with E-state index in [4.69, 9.17) is 0 Å². The molecular formula is C15H18O. The lowest BCUT2D eigenvalue weighted by molar-refractivity contribution is 0.179. The highest BCUT2D eigenvalue weighted by atomic mass is 16.3. The summed E-state index contributed by atoms with van der Waals surface area (Å²) in [6.45, 7) is 2.06. The van der Waals surface area contributed by atoms with Crippen LogP contribution in [0.1, 0.15) is 38.2 Å². The molecule has 1 heteroatoms. The lowest BCUT2D eigenvalue weighted by Gasteiger charge is -2.18. The predicted octanol–water partition coefficient (Wildman–Crippen LogP) is 3.55. The van der Waals surface area contributed by atoms with Gasteiger partial charge in [-0.05, 0) is 37.3 Å². The van der Waals surface area contributed by atoms with Crippen molar-refractivity contribution < 1.29 is 5.11 Å². The van der Waals surface area contributed by atoms with Crippen molar-refractivity contribution in [3.8, 4) is 0 Å². The summed E-state index contributed by atoms with van der Waals surface area (Å²) in [7, 11) is 0. The van der Waals surface area contributed by atoms with Crippen LogP contribution in [0, 0.1) is 0 Å². The smallest absolute Gasteiger partial charge is 0.0823 e. The quantitative estimate of drug-likeness (QED) is 0.709. The lowest BCUT2D eigenvalue weighted by Crippen LogP contribution is -2.14. The minimum absolute atomic E-state index is 0.271. The summed E-state index contributed by atoms with van der Waals surface area (Å²) in [6, 6.07) is 10.2. The molecule has 0 aliphatic heterocycles. The molecular weight excluding hydrogens is 196 g/mol. The number of aliphatic hydroxyl groups is 1. The Morgan fingerprint density at radius 3 is 2.69 bits per heavy atom. The van der Waals surface area contributed by atoms with Crippen molar-refractivity contribution >= 4 is 5.57 Å². The van der Waals surface area contributed by atoms with Crippen LogP contribution in [0.4, 0.5) is 0 Å². The fourth-order valence-corrected chi connectivity index (χ4v) is 2.14. The number of benzene rings is 1. The molecule has 1 N–H and O–H groups in total. The van der Waals surface area contributed by atoms with Crippen LogP contribution in [0.5, 0.6) is 0 Å². The van der Waals surface area contributed by atoms with Gasteiger partial charge in [0.05, 0.1) is 6.10 Å². The first-order chi connectivity index (χ1) is 7.77. The highest BCUT2D eigenvalue weighted by Crippen LogP contribution is 2.24. The monoisotopic (exact) mass is 214 g/mol. The van der Waals surface area contributed by atoms with E-state index in [2.05, 4.69) is 24.8 Å². The second-order valence-electron chi connectivity index (χ2n) is 4.40. The van der Waals surface area contributed by atoms with Crippen LogP contribution >= 0.6 is 0 Å². The van der Waals surface area contributed by atoms with E-state index < -0.39 is 0 Å². The molecule has 1 aliphatic carbocycles. The topological polar surface area (TPSA) is 20.2 Å². The second-order valence-corrected chi connectivity index (χ2v) is 4.40. The van der Waals surface area contributed by atoms with Crippen molar-refractivity contribution in [3.05, 3.63) is 47.2 Å². The van der Waals surface area contributed by atoms with Crippen molar-refractivity contribution in [1.82, 2.24) is 0 Å². The molecule has 0 bridgehead atoms. The number of hydrogen-bond donors (Lipinski definition) is 1. The van der Waals surface area contributed by atoms with Crippen LogP contribution in [0.3, 0.4) is 0 Å². The van der Waals surface area contributed by atoms with Crippen LogP contribution in [0.15, 0.2) is 41.6 Å². The van der Waals surface area contributed by atoms with Gasteiger partial charge in [0.1, 0.15) is 0 Å². The SMILES string of the molecule is CC(=C=C1CCCC[C@@H]1O)c1ccccc1. The van der Waals surface area contributed by atoms with Gasteiger partial charge < -0.3 is 5.11 Å². The maximum Gasteiger partial charge on any atom is 0.0823 e. The first kappa shape index (κ1) is 11.2. The lowest BCUT2D eigenvalue weighted by atomic mass is 9.92. The molecule has 84 valence electrons. The van der Waals surface area contributed by atoms with Gasteiger partial charge in [-0.25, -0.2) is 0 Å². The van der Waals surface area contributed by atoms with E-state index in [1.165, 1.54) is 12.0 Å². The first-order valence-electron chi connectivity index (χ1n) is 5.97. The van der Waals surface area contributed by atoms with Gasteiger partial charge in [-0.2, -0.15) is 0 Å². The van der Waals surface area contributed by atoms with Crippen LogP contribution < -0.4 is 0 Å². The summed E-state index contributed by atoms with van der Waals surface area (Å²) in [4.78, 5) is 0. The Labute approximate surface area is 97.1 Å². The molecule has 0 heterocycles. The summed E-state index contributed by atoms with van der Waals surface area (Å²) in [6.07, 6.45) is 3.93. The number of rotatable bonds is 1. The molecule has 1 saturated carbocycles. The molecule has 16 heavy (non-hydrogen) atoms. The Balaban J connectivity index is 2.31. The van der Waals surface area contributed by atoms with Crippen LogP contribution in [-0.2, 0) is 0 Å². The van der Waals surface area contributed by atoms with Crippen molar-refractivity contribution in [2.75, 3.05) is 0 Å². The van der Waals surface area contributed by atoms with E-state index in [9.17, 15) is 5.11 Å². The maximum atomic E-state index is 9.85. The molecule has 2 rings (SSSR count). The third-order valence-electron chi connectivity index (χ3n) is 3.13. The molecule has 1 atom stereocenters. The van der Waals surface area contributed by atoms with Crippen molar-refractivity contribution in [1.29, 1.82) is 0 Å². The van der Waals surface area contributed by atoms with Crippen molar-refractivity contribution in [2.45, 2.75) is 38.7 Å². The molecule has 1 fully saturated rings. The average molecular weight is 214 g/mol. The van der Waals surface area contributed by atoms with Gasteiger partial charge in [0, 0.05) is 5.57 Å². The van der Waals surface area contributed by atoms with Crippen molar-refractivity contribution in [3.63, 3.8) is 0 Å². The molecule has 0 spiro atoms. The van der Waals surface area contributed by atoms with Gasteiger partial charge in [-0.15, -0.1) is 5.73 Å². The highest BCUT2D eigenvalue weighted by molar-refractivity contribution is 5.63. The molecule has 0 aromatic heterocycles. The first-order valence-corrected chi connectivity index (χ1v) is 5.97. The molecule has 1 aromatic rings. The maximum absolute atomic E-state index is 9.85. The van der Waals surface area contributed by atoms with Crippen LogP contribution in [0.2, 0.25) is 0 Å². The molecule has 0 radical (unpaired) electrons. The van der Waals surface area contributed by atoms with E-state index in [1.54, 1.807) is 0 Å². The normalized spacial score (nSPS) is 20.4. The highest BCUT2D eigenvalue weighted by Gasteiger charge is 2.15. The average Bonchev–Trinajstić information content (AvgIpc) is 2.33. The summed E-state index contributed by atoms with van der Waals surface area (Å²) in [5.41, 5.74) is 6.75.